The van der Waals surface area contributed by atoms with Crippen LogP contribution in [0.15, 0.2) is 42.5 Å². The van der Waals surface area contributed by atoms with E-state index in [0.29, 0.717) is 12.1 Å². The Balaban J connectivity index is 1.50. The maximum absolute atomic E-state index is 12.7. The molecule has 1 atom stereocenters. The molecule has 0 aromatic heterocycles. The fourth-order valence-electron chi connectivity index (χ4n) is 4.52. The zero-order valence-corrected chi connectivity index (χ0v) is 17.5. The Bertz CT molecular complexity index is 844. The molecule has 0 unspecified atom stereocenters. The molecule has 2 heterocycles. The summed E-state index contributed by atoms with van der Waals surface area (Å²) in [5.74, 6) is 0.728. The van der Waals surface area contributed by atoms with Gasteiger partial charge in [-0.3, -0.25) is 9.69 Å². The average molecular weight is 394 g/mol. The van der Waals surface area contributed by atoms with Crippen LogP contribution in [-0.2, 0) is 6.42 Å². The molecule has 4 rings (SSSR count). The Kier molecular flexibility index (Phi) is 6.05. The molecule has 1 N–H and O–H groups in total. The van der Waals surface area contributed by atoms with Crippen molar-refractivity contribution < 1.29 is 9.53 Å². The van der Waals surface area contributed by atoms with Gasteiger partial charge in [0.15, 0.2) is 0 Å². The summed E-state index contributed by atoms with van der Waals surface area (Å²) in [7, 11) is 3.79. The van der Waals surface area contributed by atoms with E-state index in [4.69, 9.17) is 4.74 Å². The van der Waals surface area contributed by atoms with Gasteiger partial charge < -0.3 is 15.0 Å². The Labute approximate surface area is 173 Å². The number of likely N-dealkylation sites (N-methyl/N-ethyl adjacent to an activating group) is 1. The summed E-state index contributed by atoms with van der Waals surface area (Å²) in [4.78, 5) is 17.6. The fraction of sp³-hybridized carbons (Fsp3) is 0.458. The lowest BCUT2D eigenvalue weighted by atomic mass is 9.98. The van der Waals surface area contributed by atoms with Gasteiger partial charge in [-0.05, 0) is 73.8 Å². The third-order valence-corrected chi connectivity index (χ3v) is 6.26. The minimum Gasteiger partial charge on any atom is -0.497 e. The number of nitrogens with zero attached hydrogens (tertiary/aromatic N) is 2. The molecule has 2 aliphatic heterocycles. The highest BCUT2D eigenvalue weighted by Crippen LogP contribution is 2.32. The summed E-state index contributed by atoms with van der Waals surface area (Å²) in [6.07, 6.45) is 4.87. The fourth-order valence-corrected chi connectivity index (χ4v) is 4.52. The lowest BCUT2D eigenvalue weighted by molar-refractivity contribution is 0.0924. The molecule has 2 aromatic rings. The average Bonchev–Trinajstić information content (AvgIpc) is 3.15. The van der Waals surface area contributed by atoms with Gasteiger partial charge in [0.05, 0.1) is 13.2 Å². The molecule has 0 radical (unpaired) electrons. The van der Waals surface area contributed by atoms with Crippen LogP contribution in [0.2, 0.25) is 0 Å². The van der Waals surface area contributed by atoms with Crippen molar-refractivity contribution in [2.45, 2.75) is 31.7 Å². The molecule has 0 bridgehead atoms. The van der Waals surface area contributed by atoms with Crippen LogP contribution in [-0.4, -0.2) is 51.1 Å². The Morgan fingerprint density at radius 2 is 1.83 bits per heavy atom. The van der Waals surface area contributed by atoms with Gasteiger partial charge in [-0.15, -0.1) is 0 Å². The summed E-state index contributed by atoms with van der Waals surface area (Å²) in [6, 6.07) is 14.4. The number of hydrogen-bond donors (Lipinski definition) is 1. The number of piperidine rings is 1. The molecule has 1 fully saturated rings. The van der Waals surface area contributed by atoms with Crippen LogP contribution in [0.3, 0.4) is 0 Å². The highest BCUT2D eigenvalue weighted by molar-refractivity contribution is 5.94. The molecule has 5 heteroatoms. The number of nitrogens with one attached hydrogen (secondary N) is 1. The largest absolute Gasteiger partial charge is 0.497 e. The second kappa shape index (κ2) is 8.87. The number of amides is 1. The first-order valence-corrected chi connectivity index (χ1v) is 10.7. The Morgan fingerprint density at radius 3 is 2.55 bits per heavy atom. The number of rotatable bonds is 6. The van der Waals surface area contributed by atoms with Crippen molar-refractivity contribution in [2.24, 2.45) is 0 Å². The monoisotopic (exact) mass is 393 g/mol. The van der Waals surface area contributed by atoms with E-state index in [1.54, 1.807) is 7.11 Å². The molecule has 5 nitrogen and oxygen atoms in total. The predicted molar refractivity (Wildman–Crippen MR) is 117 cm³/mol. The van der Waals surface area contributed by atoms with Gasteiger partial charge in [0.2, 0.25) is 0 Å². The van der Waals surface area contributed by atoms with Gasteiger partial charge in [0, 0.05) is 31.4 Å². The van der Waals surface area contributed by atoms with Crippen LogP contribution < -0.4 is 15.0 Å². The van der Waals surface area contributed by atoms with Gasteiger partial charge in [0.1, 0.15) is 5.75 Å². The predicted octanol–water partition coefficient (Wildman–Crippen LogP) is 3.64. The van der Waals surface area contributed by atoms with Gasteiger partial charge in [-0.25, -0.2) is 0 Å². The Hall–Kier alpha value is -2.53. The molecule has 1 amide bonds. The van der Waals surface area contributed by atoms with E-state index in [2.05, 4.69) is 40.4 Å². The third-order valence-electron chi connectivity index (χ3n) is 6.26. The lowest BCUT2D eigenvalue weighted by Crippen LogP contribution is -2.40. The van der Waals surface area contributed by atoms with Crippen LogP contribution >= 0.6 is 0 Å². The van der Waals surface area contributed by atoms with E-state index in [9.17, 15) is 4.79 Å². The van der Waals surface area contributed by atoms with Crippen LogP contribution in [0, 0.1) is 0 Å². The smallest absolute Gasteiger partial charge is 0.251 e. The number of fused-ring (bicyclic) bond motifs is 1. The molecule has 0 aliphatic carbocycles. The van der Waals surface area contributed by atoms with Crippen molar-refractivity contribution in [1.82, 2.24) is 10.2 Å². The van der Waals surface area contributed by atoms with E-state index in [1.807, 2.05) is 24.3 Å². The van der Waals surface area contributed by atoms with E-state index >= 15 is 0 Å². The van der Waals surface area contributed by atoms with Crippen LogP contribution in [0.4, 0.5) is 5.69 Å². The first kappa shape index (κ1) is 19.8. The van der Waals surface area contributed by atoms with Crippen LogP contribution in [0.5, 0.6) is 5.75 Å². The molecular weight excluding hydrogens is 362 g/mol. The van der Waals surface area contributed by atoms with Crippen molar-refractivity contribution in [3.05, 3.63) is 59.2 Å². The number of anilines is 1. The molecule has 0 spiro atoms. The SMILES string of the molecule is COc1ccc(C(=O)NC[C@@H](c2ccc3c(c2)CCN3C)N2CCCCC2)cc1. The van der Waals surface area contributed by atoms with Crippen molar-refractivity contribution in [3.63, 3.8) is 0 Å². The standard InChI is InChI=1S/C24H31N3O2/c1-26-15-12-20-16-19(8-11-22(20)26)23(27-13-4-3-5-14-27)17-25-24(28)18-6-9-21(29-2)10-7-18/h6-11,16,23H,3-5,12-15,17H2,1-2H3,(H,25,28)/t23-/m0/s1. The second-order valence-corrected chi connectivity index (χ2v) is 8.11. The molecule has 0 saturated carbocycles. The quantitative estimate of drug-likeness (QED) is 0.814. The minimum atomic E-state index is -0.0319. The highest BCUT2D eigenvalue weighted by atomic mass is 16.5. The summed E-state index contributed by atoms with van der Waals surface area (Å²) in [5.41, 5.74) is 4.75. The topological polar surface area (TPSA) is 44.8 Å². The third kappa shape index (κ3) is 4.40. The van der Waals surface area contributed by atoms with Gasteiger partial charge >= 0.3 is 0 Å². The highest BCUT2D eigenvalue weighted by Gasteiger charge is 2.25. The summed E-state index contributed by atoms with van der Waals surface area (Å²) in [5, 5.41) is 3.18. The maximum Gasteiger partial charge on any atom is 0.251 e. The van der Waals surface area contributed by atoms with Crippen molar-refractivity contribution in [1.29, 1.82) is 0 Å². The van der Waals surface area contributed by atoms with Crippen molar-refractivity contribution in [3.8, 4) is 5.75 Å². The number of likely N-dealkylation sites (tertiary alicyclic amines) is 1. The maximum atomic E-state index is 12.7. The van der Waals surface area contributed by atoms with Crippen molar-refractivity contribution in [2.75, 3.05) is 45.2 Å². The molecule has 2 aromatic carbocycles. The van der Waals surface area contributed by atoms with Crippen LogP contribution in [0.25, 0.3) is 0 Å². The van der Waals surface area contributed by atoms with E-state index in [1.165, 1.54) is 36.1 Å². The van der Waals surface area contributed by atoms with E-state index < -0.39 is 0 Å². The second-order valence-electron chi connectivity index (χ2n) is 8.11. The van der Waals surface area contributed by atoms with Gasteiger partial charge in [0.25, 0.3) is 5.91 Å². The molecule has 2 aliphatic rings. The summed E-state index contributed by atoms with van der Waals surface area (Å²) >= 11 is 0. The van der Waals surface area contributed by atoms with Gasteiger partial charge in [-0.2, -0.15) is 0 Å². The number of carbonyl (C=O) groups excluding carboxylic acids is 1. The number of benzene rings is 2. The van der Waals surface area contributed by atoms with Gasteiger partial charge in [-0.1, -0.05) is 18.6 Å². The Morgan fingerprint density at radius 1 is 1.07 bits per heavy atom. The number of carbonyl (C=O) groups is 1. The number of methoxy groups -OCH3 is 1. The molecule has 154 valence electrons. The molecule has 29 heavy (non-hydrogen) atoms. The zero-order valence-electron chi connectivity index (χ0n) is 17.5. The van der Waals surface area contributed by atoms with E-state index in [0.717, 1.165) is 31.8 Å². The minimum absolute atomic E-state index is 0.0319. The number of ether oxygens (including phenoxy) is 1. The van der Waals surface area contributed by atoms with E-state index in [-0.39, 0.29) is 11.9 Å². The first-order chi connectivity index (χ1) is 14.2. The van der Waals surface area contributed by atoms with Crippen LogP contribution in [0.1, 0.15) is 46.8 Å². The van der Waals surface area contributed by atoms with Crippen molar-refractivity contribution >= 4 is 11.6 Å². The summed E-state index contributed by atoms with van der Waals surface area (Å²) < 4.78 is 5.19. The zero-order chi connectivity index (χ0) is 20.2. The normalized spacial score (nSPS) is 17.7. The lowest BCUT2D eigenvalue weighted by Gasteiger charge is -2.35. The number of hydrogen-bond acceptors (Lipinski definition) is 4. The molecule has 1 saturated heterocycles. The first-order valence-electron chi connectivity index (χ1n) is 10.7. The summed E-state index contributed by atoms with van der Waals surface area (Å²) in [6.45, 7) is 3.90. The molecular formula is C24H31N3O2.